The van der Waals surface area contributed by atoms with E-state index in [1.54, 1.807) is 44.2 Å². The molecule has 0 fully saturated rings. The molecule has 7 heteroatoms. The third-order valence-electron chi connectivity index (χ3n) is 4.17. The fourth-order valence-corrected chi connectivity index (χ4v) is 3.16. The van der Waals surface area contributed by atoms with E-state index in [0.717, 1.165) is 5.56 Å². The summed E-state index contributed by atoms with van der Waals surface area (Å²) in [4.78, 5) is 0. The van der Waals surface area contributed by atoms with E-state index >= 15 is 0 Å². The summed E-state index contributed by atoms with van der Waals surface area (Å²) in [7, 11) is -3.34. The zero-order chi connectivity index (χ0) is 18.8. The van der Waals surface area contributed by atoms with Gasteiger partial charge in [-0.15, -0.1) is 0 Å². The van der Waals surface area contributed by atoms with Crippen molar-refractivity contribution >= 4 is 21.4 Å². The molecule has 0 saturated carbocycles. The van der Waals surface area contributed by atoms with E-state index in [-0.39, 0.29) is 18.3 Å². The molecule has 0 aromatic heterocycles. The van der Waals surface area contributed by atoms with Gasteiger partial charge in [-0.1, -0.05) is 25.1 Å². The summed E-state index contributed by atoms with van der Waals surface area (Å²) in [5.41, 5.74) is 14.1. The highest BCUT2D eigenvalue weighted by Crippen LogP contribution is 2.29. The van der Waals surface area contributed by atoms with Gasteiger partial charge in [0.1, 0.15) is 5.82 Å². The second-order valence-electron chi connectivity index (χ2n) is 6.43. The van der Waals surface area contributed by atoms with Crippen LogP contribution in [0.4, 0.5) is 15.8 Å². The Hall–Kier alpha value is -2.12. The summed E-state index contributed by atoms with van der Waals surface area (Å²) in [6, 6.07) is 9.87. The van der Waals surface area contributed by atoms with E-state index in [1.165, 1.54) is 6.07 Å². The van der Waals surface area contributed by atoms with E-state index in [9.17, 15) is 12.8 Å². The Labute approximate surface area is 148 Å². The third-order valence-corrected chi connectivity index (χ3v) is 5.98. The number of sulfonamides is 1. The molecule has 0 aliphatic heterocycles. The molecule has 0 heterocycles. The number of nitrogens with one attached hydrogen (secondary N) is 1. The fourth-order valence-electron chi connectivity index (χ4n) is 2.34. The summed E-state index contributed by atoms with van der Waals surface area (Å²) >= 11 is 0. The van der Waals surface area contributed by atoms with Crippen molar-refractivity contribution in [2.75, 3.05) is 18.0 Å². The van der Waals surface area contributed by atoms with Gasteiger partial charge in [0.05, 0.1) is 16.6 Å². The Balaban J connectivity index is 2.19. The summed E-state index contributed by atoms with van der Waals surface area (Å²) in [6.07, 6.45) is 0. The van der Waals surface area contributed by atoms with Crippen molar-refractivity contribution in [1.29, 1.82) is 0 Å². The summed E-state index contributed by atoms with van der Waals surface area (Å²) in [6.45, 7) is 5.28. The lowest BCUT2D eigenvalue weighted by Gasteiger charge is -2.16. The van der Waals surface area contributed by atoms with Gasteiger partial charge in [-0.25, -0.2) is 17.5 Å². The third kappa shape index (κ3) is 4.49. The number of anilines is 2. The molecule has 0 aliphatic carbocycles. The zero-order valence-electron chi connectivity index (χ0n) is 14.6. The molecule has 136 valence electrons. The quantitative estimate of drug-likeness (QED) is 0.685. The minimum atomic E-state index is -3.34. The average Bonchev–Trinajstić information content (AvgIpc) is 2.55. The highest BCUT2D eigenvalue weighted by atomic mass is 32.2. The van der Waals surface area contributed by atoms with Crippen LogP contribution >= 0.6 is 0 Å². The Morgan fingerprint density at radius 3 is 2.28 bits per heavy atom. The van der Waals surface area contributed by atoms with Gasteiger partial charge >= 0.3 is 0 Å². The van der Waals surface area contributed by atoms with Gasteiger partial charge in [-0.3, -0.25) is 0 Å². The topological polar surface area (TPSA) is 98.2 Å². The van der Waals surface area contributed by atoms with Crippen LogP contribution in [0, 0.1) is 5.82 Å². The summed E-state index contributed by atoms with van der Waals surface area (Å²) < 4.78 is 40.7. The van der Waals surface area contributed by atoms with Gasteiger partial charge in [0.25, 0.3) is 0 Å². The molecule has 25 heavy (non-hydrogen) atoms. The van der Waals surface area contributed by atoms with Gasteiger partial charge in [0.2, 0.25) is 10.0 Å². The van der Waals surface area contributed by atoms with Crippen LogP contribution < -0.4 is 16.2 Å². The molecular weight excluding hydrogens is 341 g/mol. The van der Waals surface area contributed by atoms with Crippen LogP contribution in [-0.2, 0) is 10.0 Å². The predicted octanol–water partition coefficient (Wildman–Crippen LogP) is 3.09. The minimum absolute atomic E-state index is 0.159. The van der Waals surface area contributed by atoms with E-state index < -0.39 is 15.3 Å². The maximum absolute atomic E-state index is 14.5. The van der Waals surface area contributed by atoms with Crippen molar-refractivity contribution < 1.29 is 12.8 Å². The number of nitrogens with two attached hydrogens (primary N) is 2. The number of nitrogen functional groups attached to an aromatic ring is 2. The maximum atomic E-state index is 14.5. The van der Waals surface area contributed by atoms with Crippen molar-refractivity contribution in [3.8, 4) is 11.1 Å². The molecule has 5 nitrogen and oxygen atoms in total. The lowest BCUT2D eigenvalue weighted by atomic mass is 9.96. The van der Waals surface area contributed by atoms with Crippen LogP contribution in [0.25, 0.3) is 11.1 Å². The molecule has 2 aromatic rings. The molecule has 0 bridgehead atoms. The number of benzene rings is 2. The molecule has 0 saturated heterocycles. The normalized spacial score (nSPS) is 13.2. The van der Waals surface area contributed by atoms with Crippen LogP contribution in [0.1, 0.15) is 32.3 Å². The van der Waals surface area contributed by atoms with Crippen LogP contribution in [0.15, 0.2) is 36.4 Å². The molecule has 2 aromatic carbocycles. The Kier molecular flexibility index (Phi) is 5.69. The predicted molar refractivity (Wildman–Crippen MR) is 101 cm³/mol. The highest BCUT2D eigenvalue weighted by molar-refractivity contribution is 7.90. The summed E-state index contributed by atoms with van der Waals surface area (Å²) in [5, 5.41) is -0.505. The van der Waals surface area contributed by atoms with E-state index in [4.69, 9.17) is 11.5 Å². The van der Waals surface area contributed by atoms with E-state index in [1.807, 2.05) is 6.92 Å². The Bertz CT molecular complexity index is 867. The largest absolute Gasteiger partial charge is 0.397 e. The standard InChI is InChI=1S/C18H24FN3O2S/c1-11(2)25(23,24)22-10-12(3)13-4-6-15(16(19)8-13)14-5-7-17(20)18(21)9-14/h4-9,11-12,22H,10,20-21H2,1-3H3. The van der Waals surface area contributed by atoms with Gasteiger partial charge in [-0.05, 0) is 49.1 Å². The summed E-state index contributed by atoms with van der Waals surface area (Å²) in [5.74, 6) is -0.547. The molecule has 2 rings (SSSR count). The number of hydrogen-bond acceptors (Lipinski definition) is 4. The van der Waals surface area contributed by atoms with Gasteiger partial charge in [0, 0.05) is 12.1 Å². The van der Waals surface area contributed by atoms with E-state index in [0.29, 0.717) is 22.5 Å². The maximum Gasteiger partial charge on any atom is 0.213 e. The van der Waals surface area contributed by atoms with Crippen molar-refractivity contribution in [3.63, 3.8) is 0 Å². The first-order valence-corrected chi connectivity index (χ1v) is 9.59. The first kappa shape index (κ1) is 19.2. The van der Waals surface area contributed by atoms with Crippen molar-refractivity contribution in [3.05, 3.63) is 47.8 Å². The SMILES string of the molecule is CC(CNS(=O)(=O)C(C)C)c1ccc(-c2ccc(N)c(N)c2)c(F)c1. The van der Waals surface area contributed by atoms with Crippen molar-refractivity contribution in [2.24, 2.45) is 0 Å². The molecule has 1 atom stereocenters. The minimum Gasteiger partial charge on any atom is -0.397 e. The van der Waals surface area contributed by atoms with E-state index in [2.05, 4.69) is 4.72 Å². The van der Waals surface area contributed by atoms with Gasteiger partial charge < -0.3 is 11.5 Å². The van der Waals surface area contributed by atoms with Crippen LogP contribution in [0.3, 0.4) is 0 Å². The molecule has 0 radical (unpaired) electrons. The molecular formula is C18H24FN3O2S. The van der Waals surface area contributed by atoms with Gasteiger partial charge in [-0.2, -0.15) is 0 Å². The van der Waals surface area contributed by atoms with Crippen molar-refractivity contribution in [2.45, 2.75) is 31.9 Å². The zero-order valence-corrected chi connectivity index (χ0v) is 15.4. The second-order valence-corrected chi connectivity index (χ2v) is 8.75. The first-order valence-electron chi connectivity index (χ1n) is 8.05. The number of hydrogen-bond donors (Lipinski definition) is 3. The average molecular weight is 365 g/mol. The second kappa shape index (κ2) is 7.41. The smallest absolute Gasteiger partial charge is 0.213 e. The van der Waals surface area contributed by atoms with Crippen LogP contribution in [0.2, 0.25) is 0 Å². The van der Waals surface area contributed by atoms with Gasteiger partial charge in [0.15, 0.2) is 0 Å². The number of rotatable bonds is 6. The molecule has 5 N–H and O–H groups in total. The first-order chi connectivity index (χ1) is 11.6. The van der Waals surface area contributed by atoms with Crippen molar-refractivity contribution in [1.82, 2.24) is 4.72 Å². The molecule has 0 aliphatic rings. The molecule has 0 spiro atoms. The lowest BCUT2D eigenvalue weighted by molar-refractivity contribution is 0.565. The number of halogens is 1. The molecule has 1 unspecified atom stereocenters. The lowest BCUT2D eigenvalue weighted by Crippen LogP contribution is -2.33. The van der Waals surface area contributed by atoms with Crippen LogP contribution in [-0.4, -0.2) is 20.2 Å². The Morgan fingerprint density at radius 1 is 1.04 bits per heavy atom. The highest BCUT2D eigenvalue weighted by Gasteiger charge is 2.18. The molecule has 0 amide bonds. The Morgan fingerprint density at radius 2 is 1.72 bits per heavy atom. The monoisotopic (exact) mass is 365 g/mol. The fraction of sp³-hybridized carbons (Fsp3) is 0.333. The van der Waals surface area contributed by atoms with Crippen LogP contribution in [0.5, 0.6) is 0 Å².